The molecule has 6 nitrogen and oxygen atoms in total. The van der Waals surface area contributed by atoms with E-state index in [1.165, 1.54) is 0 Å². The first-order valence-electron chi connectivity index (χ1n) is 6.94. The van der Waals surface area contributed by atoms with Crippen LogP contribution in [0.3, 0.4) is 0 Å². The maximum atomic E-state index is 12.3. The SMILES string of the molecule is COc1ccc2cc(NC(=O)c3nn(C)c(C)c3Cl)cnc2c1. The van der Waals surface area contributed by atoms with Crippen LogP contribution in [-0.4, -0.2) is 27.8 Å². The van der Waals surface area contributed by atoms with Crippen molar-refractivity contribution < 1.29 is 9.53 Å². The number of hydrogen-bond acceptors (Lipinski definition) is 4. The first kappa shape index (κ1) is 15.3. The number of aromatic nitrogens is 3. The molecule has 0 spiro atoms. The number of methoxy groups -OCH3 is 1. The summed E-state index contributed by atoms with van der Waals surface area (Å²) in [6.45, 7) is 1.80. The third kappa shape index (κ3) is 2.85. The molecular formula is C16H15ClN4O2. The molecular weight excluding hydrogens is 316 g/mol. The second kappa shape index (κ2) is 5.89. The molecule has 118 valence electrons. The highest BCUT2D eigenvalue weighted by molar-refractivity contribution is 6.34. The van der Waals surface area contributed by atoms with Crippen LogP contribution in [0.15, 0.2) is 30.5 Å². The average molecular weight is 331 g/mol. The van der Waals surface area contributed by atoms with Gasteiger partial charge in [0.05, 0.1) is 35.2 Å². The summed E-state index contributed by atoms with van der Waals surface area (Å²) in [6, 6.07) is 7.40. The molecule has 0 radical (unpaired) electrons. The van der Waals surface area contributed by atoms with E-state index in [9.17, 15) is 4.79 Å². The summed E-state index contributed by atoms with van der Waals surface area (Å²) in [7, 11) is 3.34. The molecule has 0 aliphatic heterocycles. The first-order chi connectivity index (χ1) is 11.0. The molecule has 1 aromatic carbocycles. The minimum absolute atomic E-state index is 0.196. The quantitative estimate of drug-likeness (QED) is 0.800. The van der Waals surface area contributed by atoms with Crippen molar-refractivity contribution in [2.24, 2.45) is 7.05 Å². The average Bonchev–Trinajstić information content (AvgIpc) is 2.82. The van der Waals surface area contributed by atoms with Crippen molar-refractivity contribution >= 4 is 34.1 Å². The minimum atomic E-state index is -0.367. The number of fused-ring (bicyclic) bond motifs is 1. The van der Waals surface area contributed by atoms with Crippen LogP contribution in [0.2, 0.25) is 5.02 Å². The standard InChI is InChI=1S/C16H15ClN4O2/c1-9-14(17)15(20-21(9)2)16(22)19-11-6-10-4-5-12(23-3)7-13(10)18-8-11/h4-8H,1-3H3,(H,19,22). The van der Waals surface area contributed by atoms with E-state index < -0.39 is 0 Å². The number of pyridine rings is 1. The number of hydrogen-bond donors (Lipinski definition) is 1. The van der Waals surface area contributed by atoms with Crippen LogP contribution in [0.25, 0.3) is 10.9 Å². The molecule has 0 aliphatic rings. The molecule has 1 amide bonds. The normalized spacial score (nSPS) is 10.8. The lowest BCUT2D eigenvalue weighted by Gasteiger charge is -2.06. The van der Waals surface area contributed by atoms with Gasteiger partial charge in [-0.25, -0.2) is 0 Å². The Kier molecular flexibility index (Phi) is 3.92. The molecule has 0 saturated heterocycles. The molecule has 2 aromatic heterocycles. The number of aryl methyl sites for hydroxylation is 1. The molecule has 0 unspecified atom stereocenters. The highest BCUT2D eigenvalue weighted by atomic mass is 35.5. The summed E-state index contributed by atoms with van der Waals surface area (Å²) >= 11 is 6.13. The molecule has 2 heterocycles. The summed E-state index contributed by atoms with van der Waals surface area (Å²) in [5.41, 5.74) is 2.29. The van der Waals surface area contributed by atoms with Gasteiger partial charge in [0, 0.05) is 18.5 Å². The first-order valence-corrected chi connectivity index (χ1v) is 7.31. The number of rotatable bonds is 3. The second-order valence-corrected chi connectivity index (χ2v) is 5.49. The van der Waals surface area contributed by atoms with Gasteiger partial charge in [-0.3, -0.25) is 14.5 Å². The van der Waals surface area contributed by atoms with Gasteiger partial charge in [0.25, 0.3) is 5.91 Å². The highest BCUT2D eigenvalue weighted by Gasteiger charge is 2.18. The van der Waals surface area contributed by atoms with E-state index in [4.69, 9.17) is 16.3 Å². The molecule has 0 saturated carbocycles. The van der Waals surface area contributed by atoms with E-state index in [0.29, 0.717) is 10.7 Å². The second-order valence-electron chi connectivity index (χ2n) is 5.11. The van der Waals surface area contributed by atoms with Crippen molar-refractivity contribution in [1.29, 1.82) is 0 Å². The number of halogens is 1. The molecule has 23 heavy (non-hydrogen) atoms. The van der Waals surface area contributed by atoms with E-state index >= 15 is 0 Å². The van der Waals surface area contributed by atoms with Crippen molar-refractivity contribution in [2.45, 2.75) is 6.92 Å². The third-order valence-corrected chi connectivity index (χ3v) is 4.08. The Hall–Kier alpha value is -2.60. The molecule has 0 atom stereocenters. The lowest BCUT2D eigenvalue weighted by molar-refractivity contribution is 0.102. The lowest BCUT2D eigenvalue weighted by atomic mass is 10.2. The Balaban J connectivity index is 1.89. The van der Waals surface area contributed by atoms with Gasteiger partial charge in [-0.05, 0) is 25.1 Å². The number of anilines is 1. The molecule has 0 bridgehead atoms. The summed E-state index contributed by atoms with van der Waals surface area (Å²) in [6.07, 6.45) is 1.59. The largest absolute Gasteiger partial charge is 0.497 e. The van der Waals surface area contributed by atoms with Gasteiger partial charge in [-0.2, -0.15) is 5.10 Å². The molecule has 7 heteroatoms. The molecule has 1 N–H and O–H groups in total. The van der Waals surface area contributed by atoms with Gasteiger partial charge in [0.1, 0.15) is 5.75 Å². The van der Waals surface area contributed by atoms with Crippen LogP contribution in [-0.2, 0) is 7.05 Å². The monoisotopic (exact) mass is 330 g/mol. The van der Waals surface area contributed by atoms with E-state index in [-0.39, 0.29) is 11.6 Å². The van der Waals surface area contributed by atoms with Crippen molar-refractivity contribution in [3.8, 4) is 5.75 Å². The molecule has 0 fully saturated rings. The van der Waals surface area contributed by atoms with E-state index in [0.717, 1.165) is 22.3 Å². The fourth-order valence-electron chi connectivity index (χ4n) is 2.21. The zero-order valence-electron chi connectivity index (χ0n) is 12.9. The highest BCUT2D eigenvalue weighted by Crippen LogP contribution is 2.23. The number of nitrogens with zero attached hydrogens (tertiary/aromatic N) is 3. The van der Waals surface area contributed by atoms with Crippen LogP contribution in [0.1, 0.15) is 16.2 Å². The van der Waals surface area contributed by atoms with Gasteiger partial charge >= 0.3 is 0 Å². The topological polar surface area (TPSA) is 69.0 Å². The zero-order chi connectivity index (χ0) is 16.6. The van der Waals surface area contributed by atoms with Crippen LogP contribution in [0.5, 0.6) is 5.75 Å². The van der Waals surface area contributed by atoms with E-state index in [2.05, 4.69) is 15.4 Å². The van der Waals surface area contributed by atoms with E-state index in [1.807, 2.05) is 24.3 Å². The molecule has 3 aromatic rings. The minimum Gasteiger partial charge on any atom is -0.497 e. The predicted molar refractivity (Wildman–Crippen MR) is 89.2 cm³/mol. The van der Waals surface area contributed by atoms with Gasteiger partial charge in [0.15, 0.2) is 5.69 Å². The van der Waals surface area contributed by atoms with Crippen molar-refractivity contribution in [3.05, 3.63) is 46.9 Å². The fourth-order valence-corrected chi connectivity index (χ4v) is 2.46. The van der Waals surface area contributed by atoms with Crippen LogP contribution >= 0.6 is 11.6 Å². The number of amides is 1. The number of carbonyl (C=O) groups excluding carboxylic acids is 1. The van der Waals surface area contributed by atoms with Crippen LogP contribution in [0.4, 0.5) is 5.69 Å². The summed E-state index contributed by atoms with van der Waals surface area (Å²) in [5, 5.41) is 8.14. The zero-order valence-corrected chi connectivity index (χ0v) is 13.7. The van der Waals surface area contributed by atoms with Crippen LogP contribution in [0, 0.1) is 6.92 Å². The fraction of sp³-hybridized carbons (Fsp3) is 0.188. The number of benzene rings is 1. The Morgan fingerprint density at radius 2 is 2.13 bits per heavy atom. The number of nitrogens with one attached hydrogen (secondary N) is 1. The van der Waals surface area contributed by atoms with E-state index in [1.54, 1.807) is 32.0 Å². The number of carbonyl (C=O) groups is 1. The van der Waals surface area contributed by atoms with Crippen molar-refractivity contribution in [1.82, 2.24) is 14.8 Å². The van der Waals surface area contributed by atoms with Crippen LogP contribution < -0.4 is 10.1 Å². The van der Waals surface area contributed by atoms with Gasteiger partial charge in [-0.1, -0.05) is 11.6 Å². The van der Waals surface area contributed by atoms with Gasteiger partial charge < -0.3 is 10.1 Å². The number of ether oxygens (including phenoxy) is 1. The van der Waals surface area contributed by atoms with Crippen molar-refractivity contribution in [2.75, 3.05) is 12.4 Å². The maximum absolute atomic E-state index is 12.3. The van der Waals surface area contributed by atoms with Gasteiger partial charge in [-0.15, -0.1) is 0 Å². The Bertz CT molecular complexity index is 904. The van der Waals surface area contributed by atoms with Crippen molar-refractivity contribution in [3.63, 3.8) is 0 Å². The summed E-state index contributed by atoms with van der Waals surface area (Å²) < 4.78 is 6.74. The smallest absolute Gasteiger partial charge is 0.277 e. The summed E-state index contributed by atoms with van der Waals surface area (Å²) in [5.74, 6) is 0.367. The third-order valence-electron chi connectivity index (χ3n) is 3.63. The molecule has 0 aliphatic carbocycles. The lowest BCUT2D eigenvalue weighted by Crippen LogP contribution is -2.13. The Labute approximate surface area is 138 Å². The predicted octanol–water partition coefficient (Wildman–Crippen LogP) is 3.19. The summed E-state index contributed by atoms with van der Waals surface area (Å²) in [4.78, 5) is 16.6. The van der Waals surface area contributed by atoms with Gasteiger partial charge in [0.2, 0.25) is 0 Å². The Morgan fingerprint density at radius 3 is 2.78 bits per heavy atom. The maximum Gasteiger partial charge on any atom is 0.277 e. The Morgan fingerprint density at radius 1 is 1.35 bits per heavy atom. The molecule has 3 rings (SSSR count).